The van der Waals surface area contributed by atoms with Crippen LogP contribution in [0.25, 0.3) is 11.0 Å². The van der Waals surface area contributed by atoms with Gasteiger partial charge in [-0.25, -0.2) is 0 Å². The second kappa shape index (κ2) is 4.63. The molecule has 9 nitrogen and oxygen atoms in total. The van der Waals surface area contributed by atoms with Gasteiger partial charge in [0, 0.05) is 6.07 Å². The van der Waals surface area contributed by atoms with Crippen molar-refractivity contribution >= 4 is 16.7 Å². The van der Waals surface area contributed by atoms with Gasteiger partial charge in [0.1, 0.15) is 0 Å². The molecule has 0 amide bonds. The summed E-state index contributed by atoms with van der Waals surface area (Å²) in [7, 11) is 0. The monoisotopic (exact) mass is 289 g/mol. The van der Waals surface area contributed by atoms with E-state index in [-0.39, 0.29) is 38.9 Å². The molecule has 0 unspecified atom stereocenters. The summed E-state index contributed by atoms with van der Waals surface area (Å²) in [4.78, 5) is 10.2. The molecule has 0 aliphatic carbocycles. The molecule has 9 heteroatoms. The van der Waals surface area contributed by atoms with Crippen molar-refractivity contribution in [1.82, 2.24) is 5.16 Å². The Kier molecular flexibility index (Phi) is 2.79. The SMILES string of the molecule is O=[N+]([O-])c1ccc(Oc2ccccc2O)c2c1no[n+]2[O-]. The van der Waals surface area contributed by atoms with Crippen LogP contribution in [0.2, 0.25) is 0 Å². The van der Waals surface area contributed by atoms with Crippen LogP contribution in [0.4, 0.5) is 5.69 Å². The molecule has 0 aliphatic heterocycles. The van der Waals surface area contributed by atoms with Crippen LogP contribution in [-0.4, -0.2) is 15.2 Å². The Balaban J connectivity index is 2.16. The summed E-state index contributed by atoms with van der Waals surface area (Å²) < 4.78 is 9.78. The third kappa shape index (κ3) is 2.06. The number of nitro groups is 1. The highest BCUT2D eigenvalue weighted by Gasteiger charge is 2.27. The molecule has 1 N–H and O–H groups in total. The summed E-state index contributed by atoms with van der Waals surface area (Å²) in [6.45, 7) is 0. The molecule has 0 atom stereocenters. The van der Waals surface area contributed by atoms with Gasteiger partial charge in [0.25, 0.3) is 5.52 Å². The Morgan fingerprint density at radius 3 is 2.71 bits per heavy atom. The molecule has 0 saturated carbocycles. The van der Waals surface area contributed by atoms with Crippen molar-refractivity contribution in [1.29, 1.82) is 0 Å². The number of phenolic OH excluding ortho intramolecular Hbond substituents is 1. The van der Waals surface area contributed by atoms with Crippen LogP contribution in [0.3, 0.4) is 0 Å². The van der Waals surface area contributed by atoms with E-state index in [0.29, 0.717) is 0 Å². The van der Waals surface area contributed by atoms with Gasteiger partial charge in [-0.2, -0.15) is 0 Å². The van der Waals surface area contributed by atoms with E-state index in [4.69, 9.17) is 4.74 Å². The van der Waals surface area contributed by atoms with E-state index < -0.39 is 4.92 Å². The van der Waals surface area contributed by atoms with E-state index in [2.05, 4.69) is 9.79 Å². The first-order valence-corrected chi connectivity index (χ1v) is 5.70. The zero-order valence-corrected chi connectivity index (χ0v) is 10.3. The fourth-order valence-electron chi connectivity index (χ4n) is 1.83. The fraction of sp³-hybridized carbons (Fsp3) is 0. The number of fused-ring (bicyclic) bond motifs is 1. The number of nitro benzene ring substituents is 1. The molecule has 1 aromatic heterocycles. The minimum Gasteiger partial charge on any atom is -0.504 e. The summed E-state index contributed by atoms with van der Waals surface area (Å²) in [5, 5.41) is 35.5. The summed E-state index contributed by atoms with van der Waals surface area (Å²) in [5.74, 6) is -0.0693. The molecule has 0 saturated heterocycles. The normalized spacial score (nSPS) is 10.7. The molecule has 1 heterocycles. The largest absolute Gasteiger partial charge is 0.504 e. The summed E-state index contributed by atoms with van der Waals surface area (Å²) >= 11 is 0. The predicted octanol–water partition coefficient (Wildman–Crippen LogP) is 1.87. The summed E-state index contributed by atoms with van der Waals surface area (Å²) in [6, 6.07) is 8.47. The number of aromatic nitrogens is 2. The lowest BCUT2D eigenvalue weighted by molar-refractivity contribution is -0.782. The van der Waals surface area contributed by atoms with Crippen LogP contribution < -0.4 is 9.64 Å². The predicted molar refractivity (Wildman–Crippen MR) is 67.8 cm³/mol. The number of aromatic hydroxyl groups is 1. The molecule has 0 spiro atoms. The minimum atomic E-state index is -0.686. The average molecular weight is 289 g/mol. The Bertz CT molecular complexity index is 844. The van der Waals surface area contributed by atoms with Crippen molar-refractivity contribution in [2.24, 2.45) is 0 Å². The molecular weight excluding hydrogens is 282 g/mol. The van der Waals surface area contributed by atoms with Crippen molar-refractivity contribution in [2.45, 2.75) is 0 Å². The van der Waals surface area contributed by atoms with Crippen LogP contribution in [0.1, 0.15) is 0 Å². The van der Waals surface area contributed by atoms with E-state index >= 15 is 0 Å². The summed E-state index contributed by atoms with van der Waals surface area (Å²) in [6.07, 6.45) is 0. The van der Waals surface area contributed by atoms with Gasteiger partial charge in [-0.15, -0.1) is 0 Å². The number of nitrogens with zero attached hydrogens (tertiary/aromatic N) is 3. The highest BCUT2D eigenvalue weighted by molar-refractivity contribution is 5.86. The lowest BCUT2D eigenvalue weighted by Gasteiger charge is -2.06. The molecule has 106 valence electrons. The second-order valence-electron chi connectivity index (χ2n) is 4.04. The molecule has 0 bridgehead atoms. The van der Waals surface area contributed by atoms with E-state index in [1.54, 1.807) is 12.1 Å². The number of hydrogen-bond acceptors (Lipinski definition) is 7. The summed E-state index contributed by atoms with van der Waals surface area (Å²) in [5.41, 5.74) is -0.844. The molecule has 21 heavy (non-hydrogen) atoms. The van der Waals surface area contributed by atoms with Gasteiger partial charge in [0.05, 0.1) is 10.1 Å². The Morgan fingerprint density at radius 1 is 1.24 bits per heavy atom. The van der Waals surface area contributed by atoms with Crippen LogP contribution in [-0.2, 0) is 0 Å². The maximum atomic E-state index is 11.6. The second-order valence-corrected chi connectivity index (χ2v) is 4.04. The maximum absolute atomic E-state index is 11.6. The smallest absolute Gasteiger partial charge is 0.329 e. The molecule has 3 aromatic rings. The molecule has 0 fully saturated rings. The van der Waals surface area contributed by atoms with Gasteiger partial charge in [0.15, 0.2) is 17.2 Å². The number of benzene rings is 2. The van der Waals surface area contributed by atoms with Crippen LogP contribution in [0.15, 0.2) is 41.0 Å². The molecule has 0 aliphatic rings. The lowest BCUT2D eigenvalue weighted by atomic mass is 10.2. The van der Waals surface area contributed by atoms with Crippen LogP contribution in [0, 0.1) is 15.3 Å². The van der Waals surface area contributed by atoms with Crippen molar-refractivity contribution < 1.29 is 24.3 Å². The minimum absolute atomic E-state index is 0.0116. The number of phenols is 1. The maximum Gasteiger partial charge on any atom is 0.329 e. The van der Waals surface area contributed by atoms with Gasteiger partial charge in [-0.05, 0) is 23.1 Å². The first kappa shape index (κ1) is 12.7. The van der Waals surface area contributed by atoms with Gasteiger partial charge < -0.3 is 15.1 Å². The van der Waals surface area contributed by atoms with Crippen molar-refractivity contribution in [3.63, 3.8) is 0 Å². The third-order valence-corrected chi connectivity index (χ3v) is 2.76. The number of non-ortho nitro benzene ring substituents is 1. The highest BCUT2D eigenvalue weighted by Crippen LogP contribution is 2.35. The Hall–Kier alpha value is -3.36. The van der Waals surface area contributed by atoms with E-state index in [1.807, 2.05) is 0 Å². The quantitative estimate of drug-likeness (QED) is 0.443. The first-order chi connectivity index (χ1) is 10.1. The molecule has 3 rings (SSSR count). The molecular formula is C12H7N3O6. The zero-order valence-electron chi connectivity index (χ0n) is 10.3. The van der Waals surface area contributed by atoms with Gasteiger partial charge in [0.2, 0.25) is 0 Å². The standard InChI is InChI=1S/C12H7N3O6/c16-8-3-1-2-4-9(8)20-10-6-5-7(14(17)18)11-12(10)15(19)21-13-11/h1-6,16H. The van der Waals surface area contributed by atoms with Crippen LogP contribution >= 0.6 is 0 Å². The topological polar surface area (TPSA) is 126 Å². The number of para-hydroxylation sites is 2. The van der Waals surface area contributed by atoms with Gasteiger partial charge in [-0.1, -0.05) is 12.1 Å². The lowest BCUT2D eigenvalue weighted by Crippen LogP contribution is -2.23. The van der Waals surface area contributed by atoms with Gasteiger partial charge in [-0.3, -0.25) is 14.7 Å². The van der Waals surface area contributed by atoms with Crippen molar-refractivity contribution in [2.75, 3.05) is 0 Å². The number of hydrogen-bond donors (Lipinski definition) is 1. The highest BCUT2D eigenvalue weighted by atomic mass is 16.8. The van der Waals surface area contributed by atoms with Crippen LogP contribution in [0.5, 0.6) is 17.2 Å². The number of ether oxygens (including phenoxy) is 1. The van der Waals surface area contributed by atoms with E-state index in [0.717, 1.165) is 6.07 Å². The van der Waals surface area contributed by atoms with E-state index in [1.165, 1.54) is 18.2 Å². The molecule has 2 aromatic carbocycles. The average Bonchev–Trinajstić information content (AvgIpc) is 2.84. The van der Waals surface area contributed by atoms with Crippen molar-refractivity contribution in [3.8, 4) is 17.2 Å². The third-order valence-electron chi connectivity index (χ3n) is 2.76. The number of rotatable bonds is 3. The fourth-order valence-corrected chi connectivity index (χ4v) is 1.83. The Labute approximate surface area is 116 Å². The Morgan fingerprint density at radius 2 is 2.00 bits per heavy atom. The molecule has 0 radical (unpaired) electrons. The van der Waals surface area contributed by atoms with Crippen molar-refractivity contribution in [3.05, 3.63) is 51.7 Å². The van der Waals surface area contributed by atoms with Gasteiger partial charge >= 0.3 is 11.2 Å². The zero-order chi connectivity index (χ0) is 15.0. The van der Waals surface area contributed by atoms with E-state index in [9.17, 15) is 20.4 Å². The first-order valence-electron chi connectivity index (χ1n) is 5.70.